The van der Waals surface area contributed by atoms with Crippen LogP contribution in [0, 0.1) is 0 Å². The van der Waals surface area contributed by atoms with Gasteiger partial charge in [-0.25, -0.2) is 4.98 Å². The second-order valence-corrected chi connectivity index (χ2v) is 3.86. The van der Waals surface area contributed by atoms with Crippen LogP contribution >= 0.6 is 23.8 Å². The zero-order chi connectivity index (χ0) is 12.0. The molecule has 0 atom stereocenters. The van der Waals surface area contributed by atoms with Crippen LogP contribution in [0.1, 0.15) is 19.8 Å². The minimum atomic E-state index is -0.111. The Labute approximate surface area is 104 Å². The van der Waals surface area contributed by atoms with Gasteiger partial charge in [0.05, 0.1) is 5.69 Å². The molecular weight excluding hydrogens is 246 g/mol. The van der Waals surface area contributed by atoms with Crippen LogP contribution in [0.4, 0.5) is 5.69 Å². The van der Waals surface area contributed by atoms with Crippen molar-refractivity contribution in [3.05, 3.63) is 23.5 Å². The number of carbonyl (C=O) groups excluding carboxylic acids is 1. The van der Waals surface area contributed by atoms with Crippen LogP contribution in [0.3, 0.4) is 0 Å². The number of amides is 1. The summed E-state index contributed by atoms with van der Waals surface area (Å²) in [5.74, 6) is -0.111. The summed E-state index contributed by atoms with van der Waals surface area (Å²) in [6.07, 6.45) is 2.80. The van der Waals surface area contributed by atoms with Crippen molar-refractivity contribution in [2.24, 2.45) is 0 Å². The van der Waals surface area contributed by atoms with Gasteiger partial charge in [-0.2, -0.15) is 0 Å². The van der Waals surface area contributed by atoms with Crippen molar-refractivity contribution in [3.63, 3.8) is 0 Å². The second kappa shape index (κ2) is 6.40. The summed E-state index contributed by atoms with van der Waals surface area (Å²) >= 11 is 10.8. The molecule has 0 saturated heterocycles. The first-order chi connectivity index (χ1) is 7.63. The summed E-state index contributed by atoms with van der Waals surface area (Å²) in [6.45, 7) is 1.92. The van der Waals surface area contributed by atoms with Crippen LogP contribution in [0.5, 0.6) is 0 Å². The summed E-state index contributed by atoms with van der Waals surface area (Å²) in [7, 11) is 0. The summed E-state index contributed by atoms with van der Waals surface area (Å²) in [5.41, 5.74) is 0.575. The van der Waals surface area contributed by atoms with Crippen LogP contribution in [0.2, 0.25) is 5.15 Å². The topological polar surface area (TPSA) is 54.0 Å². The maximum atomic E-state index is 11.2. The number of pyridine rings is 1. The molecule has 1 heterocycles. The lowest BCUT2D eigenvalue weighted by Crippen LogP contribution is -2.33. The molecule has 0 spiro atoms. The van der Waals surface area contributed by atoms with E-state index in [9.17, 15) is 4.79 Å². The molecule has 0 unspecified atom stereocenters. The highest BCUT2D eigenvalue weighted by molar-refractivity contribution is 7.80. The lowest BCUT2D eigenvalue weighted by atomic mass is 10.3. The van der Waals surface area contributed by atoms with Crippen LogP contribution in [-0.2, 0) is 4.79 Å². The maximum absolute atomic E-state index is 11.2. The number of hydrogen-bond acceptors (Lipinski definition) is 3. The lowest BCUT2D eigenvalue weighted by molar-refractivity contribution is -0.119. The molecule has 4 nitrogen and oxygen atoms in total. The Morgan fingerprint density at radius 2 is 2.38 bits per heavy atom. The minimum Gasteiger partial charge on any atom is -0.330 e. The third kappa shape index (κ3) is 4.12. The Morgan fingerprint density at radius 3 is 3.00 bits per heavy atom. The van der Waals surface area contributed by atoms with Gasteiger partial charge >= 0.3 is 0 Å². The second-order valence-electron chi connectivity index (χ2n) is 3.09. The van der Waals surface area contributed by atoms with E-state index in [1.165, 1.54) is 0 Å². The molecule has 2 N–H and O–H groups in total. The first kappa shape index (κ1) is 12.9. The standard InChI is InChI=1S/C10H12ClN3OS/c1-2-4-8(15)14-10(16)13-7-5-3-6-12-9(7)11/h3,5-6H,2,4H2,1H3,(H2,13,14,15,16). The number of aromatic nitrogens is 1. The fourth-order valence-corrected chi connectivity index (χ4v) is 1.44. The molecule has 0 aliphatic carbocycles. The van der Waals surface area contributed by atoms with Crippen molar-refractivity contribution in [3.8, 4) is 0 Å². The predicted molar refractivity (Wildman–Crippen MR) is 68.5 cm³/mol. The van der Waals surface area contributed by atoms with E-state index < -0.39 is 0 Å². The van der Waals surface area contributed by atoms with Crippen molar-refractivity contribution < 1.29 is 4.79 Å². The van der Waals surface area contributed by atoms with E-state index in [1.807, 2.05) is 6.92 Å². The largest absolute Gasteiger partial charge is 0.330 e. The molecule has 1 aromatic rings. The molecule has 0 aromatic carbocycles. The third-order valence-corrected chi connectivity index (χ3v) is 2.24. The summed E-state index contributed by atoms with van der Waals surface area (Å²) in [4.78, 5) is 15.1. The van der Waals surface area contributed by atoms with Crippen molar-refractivity contribution in [2.75, 3.05) is 5.32 Å². The van der Waals surface area contributed by atoms with Gasteiger partial charge < -0.3 is 10.6 Å². The summed E-state index contributed by atoms with van der Waals surface area (Å²) in [6, 6.07) is 3.46. The van der Waals surface area contributed by atoms with Crippen LogP contribution in [-0.4, -0.2) is 16.0 Å². The van der Waals surface area contributed by atoms with E-state index in [-0.39, 0.29) is 11.0 Å². The van der Waals surface area contributed by atoms with Gasteiger partial charge in [0, 0.05) is 12.6 Å². The predicted octanol–water partition coefficient (Wildman–Crippen LogP) is 2.35. The fraction of sp³-hybridized carbons (Fsp3) is 0.300. The van der Waals surface area contributed by atoms with E-state index in [4.69, 9.17) is 23.8 Å². The van der Waals surface area contributed by atoms with Crippen LogP contribution in [0.15, 0.2) is 18.3 Å². The van der Waals surface area contributed by atoms with Crippen LogP contribution < -0.4 is 10.6 Å². The Balaban J connectivity index is 2.52. The zero-order valence-corrected chi connectivity index (χ0v) is 10.4. The number of thiocarbonyl (C=S) groups is 1. The monoisotopic (exact) mass is 257 g/mol. The molecule has 0 radical (unpaired) electrons. The number of carbonyl (C=O) groups is 1. The van der Waals surface area contributed by atoms with E-state index in [0.717, 1.165) is 6.42 Å². The van der Waals surface area contributed by atoms with E-state index in [1.54, 1.807) is 18.3 Å². The zero-order valence-electron chi connectivity index (χ0n) is 8.79. The van der Waals surface area contributed by atoms with Crippen molar-refractivity contribution in [1.29, 1.82) is 0 Å². The van der Waals surface area contributed by atoms with Gasteiger partial charge in [-0.15, -0.1) is 0 Å². The van der Waals surface area contributed by atoms with Crippen molar-refractivity contribution >= 4 is 40.5 Å². The van der Waals surface area contributed by atoms with E-state index in [0.29, 0.717) is 17.3 Å². The number of anilines is 1. The molecule has 16 heavy (non-hydrogen) atoms. The average Bonchev–Trinajstić information content (AvgIpc) is 2.21. The number of nitrogens with one attached hydrogen (secondary N) is 2. The summed E-state index contributed by atoms with van der Waals surface area (Å²) in [5, 5.41) is 5.90. The van der Waals surface area contributed by atoms with E-state index >= 15 is 0 Å². The number of nitrogens with zero attached hydrogens (tertiary/aromatic N) is 1. The molecule has 0 aliphatic rings. The lowest BCUT2D eigenvalue weighted by Gasteiger charge is -2.09. The van der Waals surface area contributed by atoms with Gasteiger partial charge in [0.25, 0.3) is 0 Å². The number of hydrogen-bond donors (Lipinski definition) is 2. The minimum absolute atomic E-state index is 0.111. The Kier molecular flexibility index (Phi) is 5.14. The first-order valence-corrected chi connectivity index (χ1v) is 5.63. The molecule has 0 saturated carbocycles. The normalized spacial score (nSPS) is 9.62. The molecule has 1 aromatic heterocycles. The highest BCUT2D eigenvalue weighted by Crippen LogP contribution is 2.16. The molecular formula is C10H12ClN3OS. The van der Waals surface area contributed by atoms with Crippen LogP contribution in [0.25, 0.3) is 0 Å². The summed E-state index contributed by atoms with van der Waals surface area (Å²) < 4.78 is 0. The van der Waals surface area contributed by atoms with Gasteiger partial charge in [-0.1, -0.05) is 18.5 Å². The third-order valence-electron chi connectivity index (χ3n) is 1.74. The van der Waals surface area contributed by atoms with Gasteiger partial charge in [-0.05, 0) is 30.8 Å². The van der Waals surface area contributed by atoms with Gasteiger partial charge in [0.15, 0.2) is 10.3 Å². The SMILES string of the molecule is CCCC(=O)NC(=S)Nc1cccnc1Cl. The molecule has 6 heteroatoms. The van der Waals surface area contributed by atoms with Gasteiger partial charge in [0.1, 0.15) is 0 Å². The highest BCUT2D eigenvalue weighted by atomic mass is 35.5. The molecule has 86 valence electrons. The molecule has 1 rings (SSSR count). The molecule has 1 amide bonds. The average molecular weight is 258 g/mol. The smallest absolute Gasteiger partial charge is 0.226 e. The van der Waals surface area contributed by atoms with Crippen molar-refractivity contribution in [1.82, 2.24) is 10.3 Å². The Bertz CT molecular complexity index is 397. The van der Waals surface area contributed by atoms with E-state index in [2.05, 4.69) is 15.6 Å². The van der Waals surface area contributed by atoms with Gasteiger partial charge in [0.2, 0.25) is 5.91 Å². The first-order valence-electron chi connectivity index (χ1n) is 4.85. The molecule has 0 fully saturated rings. The number of halogens is 1. The number of rotatable bonds is 3. The van der Waals surface area contributed by atoms with Gasteiger partial charge in [-0.3, -0.25) is 4.79 Å². The highest BCUT2D eigenvalue weighted by Gasteiger charge is 2.05. The maximum Gasteiger partial charge on any atom is 0.226 e. The Hall–Kier alpha value is -1.20. The molecule has 0 aliphatic heterocycles. The molecule has 0 bridgehead atoms. The fourth-order valence-electron chi connectivity index (χ4n) is 1.05. The Morgan fingerprint density at radius 1 is 1.62 bits per heavy atom. The van der Waals surface area contributed by atoms with Crippen molar-refractivity contribution in [2.45, 2.75) is 19.8 Å². The quantitative estimate of drug-likeness (QED) is 0.645.